The standard InChI is InChI=1S/C14H21N5O2/c1-10-6-3-4-8-18(10)13-11(14(20)21-2)12(16)19(17-13)9-5-7-15/h10H,3-6,8-9,16H2,1-2H3. The molecule has 1 aliphatic rings. The molecule has 114 valence electrons. The molecule has 0 amide bonds. The number of nitrogens with two attached hydrogens (primary N) is 1. The first kappa shape index (κ1) is 15.2. The largest absolute Gasteiger partial charge is 0.465 e. The number of aryl methyl sites for hydroxylation is 1. The van der Waals surface area contributed by atoms with E-state index in [0.717, 1.165) is 19.4 Å². The van der Waals surface area contributed by atoms with Gasteiger partial charge < -0.3 is 15.4 Å². The van der Waals surface area contributed by atoms with E-state index >= 15 is 0 Å². The molecule has 0 aromatic carbocycles. The van der Waals surface area contributed by atoms with E-state index < -0.39 is 5.97 Å². The fourth-order valence-corrected chi connectivity index (χ4v) is 2.70. The van der Waals surface area contributed by atoms with Crippen LogP contribution in [0.3, 0.4) is 0 Å². The quantitative estimate of drug-likeness (QED) is 0.845. The first-order valence-corrected chi connectivity index (χ1v) is 7.18. The molecule has 1 saturated heterocycles. The fraction of sp³-hybridized carbons (Fsp3) is 0.643. The molecule has 2 heterocycles. The molecule has 1 aromatic rings. The summed E-state index contributed by atoms with van der Waals surface area (Å²) in [6.45, 7) is 3.33. The van der Waals surface area contributed by atoms with Crippen LogP contribution in [0.5, 0.6) is 0 Å². The Morgan fingerprint density at radius 2 is 2.33 bits per heavy atom. The van der Waals surface area contributed by atoms with Crippen LogP contribution in [0, 0.1) is 11.3 Å². The number of carbonyl (C=O) groups excluding carboxylic acids is 1. The molecule has 21 heavy (non-hydrogen) atoms. The Balaban J connectivity index is 2.42. The molecule has 0 bridgehead atoms. The van der Waals surface area contributed by atoms with Gasteiger partial charge in [-0.25, -0.2) is 9.48 Å². The van der Waals surface area contributed by atoms with Crippen molar-refractivity contribution in [2.24, 2.45) is 0 Å². The van der Waals surface area contributed by atoms with Crippen LogP contribution in [0.1, 0.15) is 43.0 Å². The lowest BCUT2D eigenvalue weighted by molar-refractivity contribution is 0.0602. The summed E-state index contributed by atoms with van der Waals surface area (Å²) in [6, 6.07) is 2.36. The van der Waals surface area contributed by atoms with Gasteiger partial charge in [-0.3, -0.25) is 0 Å². The van der Waals surface area contributed by atoms with Gasteiger partial charge in [-0.15, -0.1) is 0 Å². The highest BCUT2D eigenvalue weighted by atomic mass is 16.5. The molecule has 2 N–H and O–H groups in total. The number of piperidine rings is 1. The molecule has 1 aliphatic heterocycles. The van der Waals surface area contributed by atoms with Crippen LogP contribution >= 0.6 is 0 Å². The van der Waals surface area contributed by atoms with Crippen LogP contribution in [-0.2, 0) is 11.3 Å². The van der Waals surface area contributed by atoms with Gasteiger partial charge in [0.1, 0.15) is 11.4 Å². The molecule has 1 aromatic heterocycles. The van der Waals surface area contributed by atoms with Crippen molar-refractivity contribution in [1.29, 1.82) is 5.26 Å². The van der Waals surface area contributed by atoms with Crippen LogP contribution in [0.15, 0.2) is 0 Å². The van der Waals surface area contributed by atoms with E-state index in [1.54, 1.807) is 0 Å². The average molecular weight is 291 g/mol. The minimum absolute atomic E-state index is 0.268. The predicted molar refractivity (Wildman–Crippen MR) is 78.9 cm³/mol. The lowest BCUT2D eigenvalue weighted by Crippen LogP contribution is -2.38. The van der Waals surface area contributed by atoms with Crippen molar-refractivity contribution in [2.75, 3.05) is 24.3 Å². The molecule has 7 heteroatoms. The van der Waals surface area contributed by atoms with Crippen LogP contribution in [0.2, 0.25) is 0 Å². The molecule has 1 unspecified atom stereocenters. The first-order valence-electron chi connectivity index (χ1n) is 7.18. The van der Waals surface area contributed by atoms with E-state index in [0.29, 0.717) is 30.4 Å². The van der Waals surface area contributed by atoms with Gasteiger partial charge in [-0.2, -0.15) is 10.4 Å². The summed E-state index contributed by atoms with van der Waals surface area (Å²) in [5, 5.41) is 13.2. The van der Waals surface area contributed by atoms with Crippen molar-refractivity contribution in [3.8, 4) is 6.07 Å². The van der Waals surface area contributed by atoms with E-state index in [-0.39, 0.29) is 5.82 Å². The number of rotatable bonds is 4. The topological polar surface area (TPSA) is 97.2 Å². The fourth-order valence-electron chi connectivity index (χ4n) is 2.70. The lowest BCUT2D eigenvalue weighted by Gasteiger charge is -2.33. The molecule has 0 aliphatic carbocycles. The maximum absolute atomic E-state index is 12.0. The number of nitrogens with zero attached hydrogens (tertiary/aromatic N) is 4. The Kier molecular flexibility index (Phi) is 4.68. The number of hydrogen-bond donors (Lipinski definition) is 1. The summed E-state index contributed by atoms with van der Waals surface area (Å²) in [4.78, 5) is 14.2. The van der Waals surface area contributed by atoms with Gasteiger partial charge in [0.25, 0.3) is 0 Å². The van der Waals surface area contributed by atoms with E-state index in [9.17, 15) is 4.79 Å². The Labute approximate surface area is 124 Å². The zero-order valence-electron chi connectivity index (χ0n) is 12.5. The summed E-state index contributed by atoms with van der Waals surface area (Å²) < 4.78 is 6.36. The Morgan fingerprint density at radius 3 is 2.95 bits per heavy atom. The zero-order chi connectivity index (χ0) is 15.4. The van der Waals surface area contributed by atoms with Gasteiger partial charge in [0.05, 0.1) is 26.1 Å². The summed E-state index contributed by atoms with van der Waals surface area (Å²) >= 11 is 0. The molecule has 1 fully saturated rings. The number of hydrogen-bond acceptors (Lipinski definition) is 6. The minimum Gasteiger partial charge on any atom is -0.465 e. The first-order chi connectivity index (χ1) is 10.1. The number of nitrogen functional groups attached to an aromatic ring is 1. The Hall–Kier alpha value is -2.23. The van der Waals surface area contributed by atoms with Gasteiger partial charge in [-0.05, 0) is 26.2 Å². The highest BCUT2D eigenvalue weighted by Gasteiger charge is 2.30. The summed E-state index contributed by atoms with van der Waals surface area (Å²) in [6.07, 6.45) is 3.60. The molecular weight excluding hydrogens is 270 g/mol. The van der Waals surface area contributed by atoms with Crippen LogP contribution in [0.4, 0.5) is 11.6 Å². The van der Waals surface area contributed by atoms with Crippen molar-refractivity contribution >= 4 is 17.6 Å². The normalized spacial score (nSPS) is 18.3. The number of carbonyl (C=O) groups is 1. The molecular formula is C14H21N5O2. The van der Waals surface area contributed by atoms with E-state index in [1.807, 2.05) is 0 Å². The highest BCUT2D eigenvalue weighted by molar-refractivity contribution is 5.99. The molecule has 2 rings (SSSR count). The average Bonchev–Trinajstić information content (AvgIpc) is 2.81. The molecule has 1 atom stereocenters. The third kappa shape index (κ3) is 2.94. The van der Waals surface area contributed by atoms with E-state index in [1.165, 1.54) is 18.2 Å². The monoisotopic (exact) mass is 291 g/mol. The third-order valence-corrected chi connectivity index (χ3v) is 3.87. The van der Waals surface area contributed by atoms with Crippen molar-refractivity contribution in [3.05, 3.63) is 5.56 Å². The molecule has 7 nitrogen and oxygen atoms in total. The second-order valence-corrected chi connectivity index (χ2v) is 5.24. The second-order valence-electron chi connectivity index (χ2n) is 5.24. The molecule has 0 spiro atoms. The number of ether oxygens (including phenoxy) is 1. The van der Waals surface area contributed by atoms with Gasteiger partial charge in [-0.1, -0.05) is 0 Å². The molecule has 0 saturated carbocycles. The zero-order valence-corrected chi connectivity index (χ0v) is 12.5. The van der Waals surface area contributed by atoms with Gasteiger partial charge in [0.2, 0.25) is 0 Å². The van der Waals surface area contributed by atoms with Crippen molar-refractivity contribution in [2.45, 2.75) is 45.2 Å². The number of nitriles is 1. The van der Waals surface area contributed by atoms with Crippen LogP contribution < -0.4 is 10.6 Å². The molecule has 0 radical (unpaired) electrons. The van der Waals surface area contributed by atoms with Gasteiger partial charge in [0, 0.05) is 12.6 Å². The lowest BCUT2D eigenvalue weighted by atomic mass is 10.0. The van der Waals surface area contributed by atoms with Crippen LogP contribution in [-0.4, -0.2) is 35.4 Å². The van der Waals surface area contributed by atoms with E-state index in [2.05, 4.69) is 23.0 Å². The third-order valence-electron chi connectivity index (χ3n) is 3.87. The van der Waals surface area contributed by atoms with Crippen molar-refractivity contribution < 1.29 is 9.53 Å². The maximum Gasteiger partial charge on any atom is 0.345 e. The number of aromatic nitrogens is 2. The van der Waals surface area contributed by atoms with Gasteiger partial charge in [0.15, 0.2) is 5.82 Å². The number of methoxy groups -OCH3 is 1. The predicted octanol–water partition coefficient (Wildman–Crippen LogP) is 1.54. The van der Waals surface area contributed by atoms with E-state index in [4.69, 9.17) is 15.7 Å². The summed E-state index contributed by atoms with van der Waals surface area (Å²) in [7, 11) is 1.33. The summed E-state index contributed by atoms with van der Waals surface area (Å²) in [5.41, 5.74) is 6.35. The summed E-state index contributed by atoms with van der Waals surface area (Å²) in [5.74, 6) is 0.359. The number of anilines is 2. The SMILES string of the molecule is COC(=O)c1c(N2CCCCC2C)nn(CCC#N)c1N. The van der Waals surface area contributed by atoms with Crippen LogP contribution in [0.25, 0.3) is 0 Å². The Bertz CT molecular complexity index is 560. The maximum atomic E-state index is 12.0. The van der Waals surface area contributed by atoms with Crippen molar-refractivity contribution in [1.82, 2.24) is 9.78 Å². The highest BCUT2D eigenvalue weighted by Crippen LogP contribution is 2.31. The smallest absolute Gasteiger partial charge is 0.345 e. The second kappa shape index (κ2) is 6.48. The van der Waals surface area contributed by atoms with Crippen molar-refractivity contribution in [3.63, 3.8) is 0 Å². The van der Waals surface area contributed by atoms with Gasteiger partial charge >= 0.3 is 5.97 Å². The Morgan fingerprint density at radius 1 is 1.57 bits per heavy atom. The minimum atomic E-state index is -0.483. The number of esters is 1.